The van der Waals surface area contributed by atoms with Crippen LogP contribution >= 0.6 is 15.9 Å². The monoisotopic (exact) mass is 279 g/mol. The second-order valence-corrected chi connectivity index (χ2v) is 4.76. The number of rotatable bonds is 1. The summed E-state index contributed by atoms with van der Waals surface area (Å²) in [6.07, 6.45) is 3.20. The zero-order chi connectivity index (χ0) is 11.3. The summed E-state index contributed by atoms with van der Waals surface area (Å²) in [6, 6.07) is 3.99. The third-order valence-electron chi connectivity index (χ3n) is 2.94. The van der Waals surface area contributed by atoms with Gasteiger partial charge in [-0.3, -0.25) is 14.0 Å². The van der Waals surface area contributed by atoms with Crippen LogP contribution in [0.15, 0.2) is 22.8 Å². The molecule has 0 saturated carbocycles. The van der Waals surface area contributed by atoms with Gasteiger partial charge in [0.2, 0.25) is 5.91 Å². The first kappa shape index (κ1) is 9.84. The summed E-state index contributed by atoms with van der Waals surface area (Å²) >= 11 is 3.46. The Kier molecular flexibility index (Phi) is 2.04. The van der Waals surface area contributed by atoms with E-state index in [9.17, 15) is 4.79 Å². The number of aryl methyl sites for hydroxylation is 2. The molecule has 0 amide bonds. The van der Waals surface area contributed by atoms with E-state index in [0.29, 0.717) is 6.42 Å². The minimum absolute atomic E-state index is 0.170. The van der Waals surface area contributed by atoms with Gasteiger partial charge < -0.3 is 0 Å². The number of carbonyl (C=O) groups excluding carboxylic acids is 1. The van der Waals surface area contributed by atoms with Crippen LogP contribution in [-0.4, -0.2) is 20.3 Å². The lowest BCUT2D eigenvalue weighted by Crippen LogP contribution is -2.07. The summed E-state index contributed by atoms with van der Waals surface area (Å²) in [6.45, 7) is 0. The van der Waals surface area contributed by atoms with E-state index in [1.165, 1.54) is 0 Å². The van der Waals surface area contributed by atoms with Crippen LogP contribution in [0, 0.1) is 0 Å². The summed E-state index contributed by atoms with van der Waals surface area (Å²) in [5.74, 6) is 0.170. The zero-order valence-electron chi connectivity index (χ0n) is 8.77. The van der Waals surface area contributed by atoms with Gasteiger partial charge in [-0.15, -0.1) is 0 Å². The highest BCUT2D eigenvalue weighted by Crippen LogP contribution is 2.31. The predicted molar refractivity (Wildman–Crippen MR) is 63.3 cm³/mol. The van der Waals surface area contributed by atoms with Crippen LogP contribution in [0.4, 0.5) is 0 Å². The SMILES string of the molecule is Cn1ncc(Br)c1-c1ccc2n1C(=O)CC2. The lowest BCUT2D eigenvalue weighted by Gasteiger charge is -2.06. The van der Waals surface area contributed by atoms with E-state index in [1.54, 1.807) is 15.4 Å². The first-order valence-corrected chi connectivity index (χ1v) is 5.89. The van der Waals surface area contributed by atoms with Gasteiger partial charge in [0.25, 0.3) is 0 Å². The summed E-state index contributed by atoms with van der Waals surface area (Å²) in [7, 11) is 1.87. The Balaban J connectivity index is 2.26. The number of halogens is 1. The zero-order valence-corrected chi connectivity index (χ0v) is 10.4. The van der Waals surface area contributed by atoms with Crippen molar-refractivity contribution in [3.63, 3.8) is 0 Å². The summed E-state index contributed by atoms with van der Waals surface area (Å²) < 4.78 is 4.48. The molecule has 4 nitrogen and oxygen atoms in total. The average molecular weight is 280 g/mol. The van der Waals surface area contributed by atoms with Crippen molar-refractivity contribution in [3.8, 4) is 11.4 Å². The molecule has 0 aliphatic carbocycles. The Bertz CT molecular complexity index is 563. The van der Waals surface area contributed by atoms with Crippen LogP contribution in [0.25, 0.3) is 11.4 Å². The molecule has 2 aromatic heterocycles. The van der Waals surface area contributed by atoms with Gasteiger partial charge in [-0.25, -0.2) is 0 Å². The fraction of sp³-hybridized carbons (Fsp3) is 0.273. The molecule has 5 heteroatoms. The fourth-order valence-corrected chi connectivity index (χ4v) is 2.75. The van der Waals surface area contributed by atoms with Crippen molar-refractivity contribution in [2.75, 3.05) is 0 Å². The topological polar surface area (TPSA) is 39.8 Å². The van der Waals surface area contributed by atoms with E-state index < -0.39 is 0 Å². The first-order chi connectivity index (χ1) is 7.68. The van der Waals surface area contributed by atoms with Crippen molar-refractivity contribution in [1.82, 2.24) is 14.3 Å². The maximum absolute atomic E-state index is 11.8. The molecule has 0 aromatic carbocycles. The molecule has 0 unspecified atom stereocenters. The Morgan fingerprint density at radius 3 is 2.88 bits per heavy atom. The van der Waals surface area contributed by atoms with Crippen LogP contribution in [0.2, 0.25) is 0 Å². The number of nitrogens with zero attached hydrogens (tertiary/aromatic N) is 3. The van der Waals surface area contributed by atoms with Crippen molar-refractivity contribution < 1.29 is 4.79 Å². The van der Waals surface area contributed by atoms with Crippen LogP contribution in [0.1, 0.15) is 16.9 Å². The highest BCUT2D eigenvalue weighted by atomic mass is 79.9. The van der Waals surface area contributed by atoms with Gasteiger partial charge in [-0.2, -0.15) is 5.10 Å². The number of carbonyl (C=O) groups is 1. The second-order valence-electron chi connectivity index (χ2n) is 3.90. The van der Waals surface area contributed by atoms with E-state index in [1.807, 2.05) is 19.2 Å². The van der Waals surface area contributed by atoms with Crippen molar-refractivity contribution >= 4 is 21.8 Å². The molecule has 2 aromatic rings. The smallest absolute Gasteiger partial charge is 0.231 e. The molecule has 0 saturated heterocycles. The number of aromatic nitrogens is 3. The molecular formula is C11H10BrN3O. The minimum Gasteiger partial charge on any atom is -0.283 e. The number of hydrogen-bond donors (Lipinski definition) is 0. The third kappa shape index (κ3) is 1.21. The van der Waals surface area contributed by atoms with E-state index in [-0.39, 0.29) is 5.91 Å². The fourth-order valence-electron chi connectivity index (χ4n) is 2.20. The lowest BCUT2D eigenvalue weighted by atomic mass is 10.2. The maximum Gasteiger partial charge on any atom is 0.231 e. The molecule has 1 aliphatic rings. The van der Waals surface area contributed by atoms with Crippen molar-refractivity contribution in [2.45, 2.75) is 12.8 Å². The van der Waals surface area contributed by atoms with Gasteiger partial charge in [0, 0.05) is 19.2 Å². The largest absolute Gasteiger partial charge is 0.283 e. The van der Waals surface area contributed by atoms with E-state index >= 15 is 0 Å². The standard InChI is InChI=1S/C11H10BrN3O/c1-14-11(8(12)6-13-14)9-4-2-7-3-5-10(16)15(7)9/h2,4,6H,3,5H2,1H3. The molecule has 0 atom stereocenters. The predicted octanol–water partition coefficient (Wildman–Crippen LogP) is 2.24. The number of hydrogen-bond acceptors (Lipinski definition) is 2. The highest BCUT2D eigenvalue weighted by molar-refractivity contribution is 9.10. The summed E-state index contributed by atoms with van der Waals surface area (Å²) in [4.78, 5) is 11.8. The average Bonchev–Trinajstić information content (AvgIpc) is 2.88. The Morgan fingerprint density at radius 2 is 2.19 bits per heavy atom. The Morgan fingerprint density at radius 1 is 1.38 bits per heavy atom. The molecule has 3 heterocycles. The molecule has 0 spiro atoms. The molecule has 1 aliphatic heterocycles. The Labute approximate surface area is 101 Å². The van der Waals surface area contributed by atoms with Crippen molar-refractivity contribution in [1.29, 1.82) is 0 Å². The van der Waals surface area contributed by atoms with Gasteiger partial charge in [0.1, 0.15) is 0 Å². The Hall–Kier alpha value is -1.36. The van der Waals surface area contributed by atoms with Gasteiger partial charge in [0.05, 0.1) is 22.1 Å². The van der Waals surface area contributed by atoms with Crippen molar-refractivity contribution in [2.24, 2.45) is 7.05 Å². The van der Waals surface area contributed by atoms with E-state index in [4.69, 9.17) is 0 Å². The van der Waals surface area contributed by atoms with Crippen LogP contribution in [0.5, 0.6) is 0 Å². The minimum atomic E-state index is 0.170. The van der Waals surface area contributed by atoms with Crippen molar-refractivity contribution in [3.05, 3.63) is 28.5 Å². The van der Waals surface area contributed by atoms with Crippen LogP contribution in [0.3, 0.4) is 0 Å². The van der Waals surface area contributed by atoms with Crippen LogP contribution in [-0.2, 0) is 13.5 Å². The molecule has 3 rings (SSSR count). The number of fused-ring (bicyclic) bond motifs is 1. The first-order valence-electron chi connectivity index (χ1n) is 5.10. The van der Waals surface area contributed by atoms with Gasteiger partial charge in [-0.1, -0.05) is 0 Å². The lowest BCUT2D eigenvalue weighted by molar-refractivity contribution is 0.0926. The third-order valence-corrected chi connectivity index (χ3v) is 3.52. The highest BCUT2D eigenvalue weighted by Gasteiger charge is 2.24. The van der Waals surface area contributed by atoms with E-state index in [2.05, 4.69) is 21.0 Å². The van der Waals surface area contributed by atoms with Gasteiger partial charge >= 0.3 is 0 Å². The van der Waals surface area contributed by atoms with Gasteiger partial charge in [0.15, 0.2) is 0 Å². The normalized spacial score (nSPS) is 14.5. The quantitative estimate of drug-likeness (QED) is 0.803. The molecule has 0 fully saturated rings. The second kappa shape index (κ2) is 3.31. The molecule has 0 N–H and O–H groups in total. The molecule has 16 heavy (non-hydrogen) atoms. The van der Waals surface area contributed by atoms with Crippen LogP contribution < -0.4 is 0 Å². The van der Waals surface area contributed by atoms with E-state index in [0.717, 1.165) is 28.0 Å². The molecule has 82 valence electrons. The van der Waals surface area contributed by atoms with Gasteiger partial charge in [-0.05, 0) is 34.5 Å². The summed E-state index contributed by atoms with van der Waals surface area (Å²) in [5.41, 5.74) is 2.96. The maximum atomic E-state index is 11.8. The summed E-state index contributed by atoms with van der Waals surface area (Å²) in [5, 5.41) is 4.17. The molecule has 0 radical (unpaired) electrons. The molecule has 0 bridgehead atoms. The molecular weight excluding hydrogens is 270 g/mol.